The molecule has 6 rings (SSSR count). The maximum Gasteiger partial charge on any atom is 0.300 e. The maximum absolute atomic E-state index is 13.5. The Labute approximate surface area is 207 Å². The quantitative estimate of drug-likeness (QED) is 0.259. The van der Waals surface area contributed by atoms with Crippen molar-refractivity contribution in [2.45, 2.75) is 12.5 Å². The van der Waals surface area contributed by atoms with Crippen LogP contribution in [0.2, 0.25) is 0 Å². The molecule has 2 aliphatic heterocycles. The van der Waals surface area contributed by atoms with Crippen molar-refractivity contribution in [3.8, 4) is 11.5 Å². The number of aliphatic hydroxyl groups excluding tert-OH is 1. The third-order valence-corrected chi connectivity index (χ3v) is 6.96. The Morgan fingerprint density at radius 3 is 2.72 bits per heavy atom. The lowest BCUT2D eigenvalue weighted by molar-refractivity contribution is -0.132. The van der Waals surface area contributed by atoms with Crippen LogP contribution in [0, 0.1) is 0 Å². The van der Waals surface area contributed by atoms with Crippen molar-refractivity contribution < 1.29 is 24.2 Å². The van der Waals surface area contributed by atoms with E-state index in [4.69, 9.17) is 9.47 Å². The number of hydrogen-bond donors (Lipinski definition) is 1. The number of methoxy groups -OCH3 is 1. The molecule has 36 heavy (non-hydrogen) atoms. The zero-order valence-electron chi connectivity index (χ0n) is 19.9. The summed E-state index contributed by atoms with van der Waals surface area (Å²) in [6, 6.07) is 19.4. The molecule has 180 valence electrons. The molecule has 7 nitrogen and oxygen atoms in total. The first-order valence-electron chi connectivity index (χ1n) is 11.7. The standard InChI is InChI=1S/C29H24N2O5/c1-30-16-22(21-8-3-4-9-23(21)30)26-25(27(32)18-10-11-24-17(14-18)12-13-36-24)28(33)29(34)31(26)19-6-5-7-20(15-19)35-2/h3-11,14-16,26,32H,12-13H2,1-2H3/b27-25+. The number of aliphatic hydroxyl groups is 1. The predicted octanol–water partition coefficient (Wildman–Crippen LogP) is 4.75. The van der Waals surface area contributed by atoms with Gasteiger partial charge in [0.2, 0.25) is 0 Å². The number of carbonyl (C=O) groups is 2. The number of amides is 1. The van der Waals surface area contributed by atoms with Crippen LogP contribution in [0.4, 0.5) is 5.69 Å². The van der Waals surface area contributed by atoms with Gasteiger partial charge >= 0.3 is 0 Å². The SMILES string of the molecule is COc1cccc(N2C(=O)C(=O)/C(=C(/O)c3ccc4c(c3)CCO4)C2c2cn(C)c3ccccc23)c1. The van der Waals surface area contributed by atoms with E-state index in [0.717, 1.165) is 34.2 Å². The van der Waals surface area contributed by atoms with Gasteiger partial charge in [0.05, 0.1) is 25.3 Å². The predicted molar refractivity (Wildman–Crippen MR) is 136 cm³/mol. The van der Waals surface area contributed by atoms with Crippen LogP contribution in [0.25, 0.3) is 16.7 Å². The van der Waals surface area contributed by atoms with Crippen LogP contribution >= 0.6 is 0 Å². The van der Waals surface area contributed by atoms with Crippen LogP contribution in [-0.4, -0.2) is 35.1 Å². The second kappa shape index (κ2) is 8.30. The highest BCUT2D eigenvalue weighted by atomic mass is 16.5. The van der Waals surface area contributed by atoms with Gasteiger partial charge in [0.15, 0.2) is 0 Å². The summed E-state index contributed by atoms with van der Waals surface area (Å²) in [6.07, 6.45) is 2.64. The molecule has 1 fully saturated rings. The Morgan fingerprint density at radius 2 is 1.89 bits per heavy atom. The van der Waals surface area contributed by atoms with E-state index in [1.165, 1.54) is 4.90 Å². The lowest BCUT2D eigenvalue weighted by Crippen LogP contribution is -2.29. The first-order valence-corrected chi connectivity index (χ1v) is 11.7. The monoisotopic (exact) mass is 480 g/mol. The maximum atomic E-state index is 13.5. The second-order valence-electron chi connectivity index (χ2n) is 9.00. The first-order chi connectivity index (χ1) is 17.5. The van der Waals surface area contributed by atoms with Gasteiger partial charge in [-0.1, -0.05) is 24.3 Å². The minimum Gasteiger partial charge on any atom is -0.507 e. The molecule has 1 atom stereocenters. The molecule has 1 N–H and O–H groups in total. The van der Waals surface area contributed by atoms with Gasteiger partial charge in [0.25, 0.3) is 11.7 Å². The fraction of sp³-hybridized carbons (Fsp3) is 0.172. The average molecular weight is 481 g/mol. The molecular formula is C29H24N2O5. The Bertz CT molecular complexity index is 1580. The van der Waals surface area contributed by atoms with Gasteiger partial charge in [-0.2, -0.15) is 0 Å². The Morgan fingerprint density at radius 1 is 1.06 bits per heavy atom. The van der Waals surface area contributed by atoms with Crippen LogP contribution < -0.4 is 14.4 Å². The molecule has 3 heterocycles. The number of para-hydroxylation sites is 1. The molecule has 4 aromatic rings. The van der Waals surface area contributed by atoms with E-state index in [-0.39, 0.29) is 11.3 Å². The molecule has 0 saturated carbocycles. The molecule has 1 saturated heterocycles. The minimum atomic E-state index is -0.826. The van der Waals surface area contributed by atoms with Gasteiger partial charge in [-0.05, 0) is 42.0 Å². The summed E-state index contributed by atoms with van der Waals surface area (Å²) < 4.78 is 12.9. The molecule has 7 heteroatoms. The number of aryl methyl sites for hydroxylation is 1. The lowest BCUT2D eigenvalue weighted by Gasteiger charge is -2.25. The van der Waals surface area contributed by atoms with Gasteiger partial charge in [-0.3, -0.25) is 14.5 Å². The number of benzene rings is 3. The topological polar surface area (TPSA) is 81.0 Å². The summed E-state index contributed by atoms with van der Waals surface area (Å²) in [5, 5.41) is 12.4. The molecule has 3 aromatic carbocycles. The van der Waals surface area contributed by atoms with E-state index in [1.54, 1.807) is 43.5 Å². The zero-order valence-corrected chi connectivity index (χ0v) is 19.9. The summed E-state index contributed by atoms with van der Waals surface area (Å²) in [4.78, 5) is 28.5. The van der Waals surface area contributed by atoms with E-state index in [2.05, 4.69) is 0 Å². The van der Waals surface area contributed by atoms with Crippen LogP contribution in [-0.2, 0) is 23.1 Å². The third kappa shape index (κ3) is 3.27. The van der Waals surface area contributed by atoms with Crippen LogP contribution in [0.15, 0.2) is 78.5 Å². The van der Waals surface area contributed by atoms with Crippen molar-refractivity contribution >= 4 is 34.0 Å². The van der Waals surface area contributed by atoms with E-state index in [9.17, 15) is 14.7 Å². The van der Waals surface area contributed by atoms with Crippen molar-refractivity contribution in [1.29, 1.82) is 0 Å². The highest BCUT2D eigenvalue weighted by molar-refractivity contribution is 6.52. The summed E-state index contributed by atoms with van der Waals surface area (Å²) in [5.41, 5.74) is 3.71. The second-order valence-corrected chi connectivity index (χ2v) is 9.00. The Hall–Kier alpha value is -4.52. The van der Waals surface area contributed by atoms with Crippen molar-refractivity contribution in [1.82, 2.24) is 4.57 Å². The van der Waals surface area contributed by atoms with Gasteiger partial charge in [0.1, 0.15) is 17.3 Å². The Kier molecular flexibility index (Phi) is 5.07. The first kappa shape index (κ1) is 22.0. The Balaban J connectivity index is 1.61. The van der Waals surface area contributed by atoms with E-state index in [1.807, 2.05) is 48.1 Å². The van der Waals surface area contributed by atoms with E-state index in [0.29, 0.717) is 23.6 Å². The molecule has 1 unspecified atom stereocenters. The number of carbonyl (C=O) groups excluding carboxylic acids is 2. The van der Waals surface area contributed by atoms with Crippen molar-refractivity contribution in [3.05, 3.63) is 95.2 Å². The highest BCUT2D eigenvalue weighted by Gasteiger charge is 2.48. The molecular weight excluding hydrogens is 456 g/mol. The largest absolute Gasteiger partial charge is 0.507 e. The third-order valence-electron chi connectivity index (χ3n) is 6.96. The summed E-state index contributed by atoms with van der Waals surface area (Å²) in [7, 11) is 3.47. The van der Waals surface area contributed by atoms with Crippen molar-refractivity contribution in [2.24, 2.45) is 7.05 Å². The number of rotatable bonds is 4. The van der Waals surface area contributed by atoms with Crippen LogP contribution in [0.5, 0.6) is 11.5 Å². The summed E-state index contributed by atoms with van der Waals surface area (Å²) in [5.74, 6) is -0.303. The average Bonchev–Trinajstić information content (AvgIpc) is 3.58. The lowest BCUT2D eigenvalue weighted by atomic mass is 9.94. The van der Waals surface area contributed by atoms with Crippen LogP contribution in [0.1, 0.15) is 22.7 Å². The number of hydrogen-bond acceptors (Lipinski definition) is 5. The normalized spacial score (nSPS) is 18.5. The molecule has 2 aliphatic rings. The molecule has 1 amide bonds. The number of ketones is 1. The van der Waals surface area contributed by atoms with E-state index >= 15 is 0 Å². The van der Waals surface area contributed by atoms with Gasteiger partial charge in [0, 0.05) is 53.4 Å². The molecule has 0 spiro atoms. The molecule has 0 radical (unpaired) electrons. The number of ether oxygens (including phenoxy) is 2. The summed E-state index contributed by atoms with van der Waals surface area (Å²) >= 11 is 0. The fourth-order valence-electron chi connectivity index (χ4n) is 5.23. The smallest absolute Gasteiger partial charge is 0.300 e. The van der Waals surface area contributed by atoms with Crippen molar-refractivity contribution in [3.63, 3.8) is 0 Å². The van der Waals surface area contributed by atoms with Gasteiger partial charge in [-0.25, -0.2) is 0 Å². The number of Topliss-reactive ketones (excluding diaryl/α,β-unsaturated/α-hetero) is 1. The number of fused-ring (bicyclic) bond motifs is 2. The van der Waals surface area contributed by atoms with Gasteiger partial charge < -0.3 is 19.1 Å². The number of nitrogens with zero attached hydrogens (tertiary/aromatic N) is 2. The number of anilines is 1. The molecule has 0 aliphatic carbocycles. The van der Waals surface area contributed by atoms with Gasteiger partial charge in [-0.15, -0.1) is 0 Å². The molecule has 0 bridgehead atoms. The highest BCUT2D eigenvalue weighted by Crippen LogP contribution is 2.45. The molecule has 1 aromatic heterocycles. The fourth-order valence-corrected chi connectivity index (χ4v) is 5.23. The number of aromatic nitrogens is 1. The van der Waals surface area contributed by atoms with E-state index < -0.39 is 17.7 Å². The van der Waals surface area contributed by atoms with Crippen LogP contribution in [0.3, 0.4) is 0 Å². The zero-order chi connectivity index (χ0) is 25.0. The minimum absolute atomic E-state index is 0.0537. The van der Waals surface area contributed by atoms with Crippen molar-refractivity contribution in [2.75, 3.05) is 18.6 Å². The summed E-state index contributed by atoms with van der Waals surface area (Å²) in [6.45, 7) is 0.579.